The highest BCUT2D eigenvalue weighted by Crippen LogP contribution is 2.22. The third-order valence-electron chi connectivity index (χ3n) is 3.98. The summed E-state index contributed by atoms with van der Waals surface area (Å²) in [4.78, 5) is 14.1. The van der Waals surface area contributed by atoms with E-state index in [0.29, 0.717) is 18.7 Å². The molecule has 5 nitrogen and oxygen atoms in total. The fourth-order valence-corrected chi connectivity index (χ4v) is 4.25. The van der Waals surface area contributed by atoms with Crippen LogP contribution in [0.15, 0.2) is 24.3 Å². The zero-order chi connectivity index (χ0) is 15.6. The molecule has 2 N–H and O–H groups in total. The molecular formula is C15H22N2O3S. The van der Waals surface area contributed by atoms with Crippen molar-refractivity contribution < 1.29 is 13.2 Å². The molecule has 21 heavy (non-hydrogen) atoms. The van der Waals surface area contributed by atoms with Crippen LogP contribution in [-0.2, 0) is 14.6 Å². The van der Waals surface area contributed by atoms with E-state index in [2.05, 4.69) is 0 Å². The van der Waals surface area contributed by atoms with Gasteiger partial charge in [0.25, 0.3) is 0 Å². The zero-order valence-corrected chi connectivity index (χ0v) is 13.3. The Morgan fingerprint density at radius 2 is 2.00 bits per heavy atom. The molecule has 0 aliphatic carbocycles. The molecule has 1 aliphatic heterocycles. The van der Waals surface area contributed by atoms with E-state index in [0.717, 1.165) is 5.56 Å². The Kier molecular flexibility index (Phi) is 4.56. The lowest BCUT2D eigenvalue weighted by atomic mass is 9.96. The van der Waals surface area contributed by atoms with Crippen LogP contribution in [0.4, 0.5) is 5.69 Å². The third kappa shape index (κ3) is 3.97. The lowest BCUT2D eigenvalue weighted by Gasteiger charge is -2.34. The highest BCUT2D eigenvalue weighted by atomic mass is 32.2. The van der Waals surface area contributed by atoms with Crippen molar-refractivity contribution in [3.8, 4) is 0 Å². The number of sulfone groups is 1. The van der Waals surface area contributed by atoms with Crippen molar-refractivity contribution in [2.45, 2.75) is 32.2 Å². The van der Waals surface area contributed by atoms with Crippen molar-refractivity contribution in [2.24, 2.45) is 0 Å². The molecular weight excluding hydrogens is 288 g/mol. The number of carbonyl (C=O) groups is 1. The van der Waals surface area contributed by atoms with E-state index < -0.39 is 9.84 Å². The first kappa shape index (κ1) is 15.8. The van der Waals surface area contributed by atoms with Crippen LogP contribution in [0, 0.1) is 0 Å². The van der Waals surface area contributed by atoms with Crippen LogP contribution in [0.3, 0.4) is 0 Å². The minimum Gasteiger partial charge on any atom is -0.399 e. The van der Waals surface area contributed by atoms with Gasteiger partial charge < -0.3 is 10.6 Å². The van der Waals surface area contributed by atoms with Crippen LogP contribution >= 0.6 is 0 Å². The Morgan fingerprint density at radius 1 is 1.38 bits per heavy atom. The number of nitrogen functional groups attached to an aromatic ring is 1. The number of carbonyl (C=O) groups excluding carboxylic acids is 1. The van der Waals surface area contributed by atoms with Gasteiger partial charge in [-0.25, -0.2) is 8.42 Å². The van der Waals surface area contributed by atoms with Gasteiger partial charge in [-0.2, -0.15) is 0 Å². The lowest BCUT2D eigenvalue weighted by Crippen LogP contribution is -2.49. The highest BCUT2D eigenvalue weighted by molar-refractivity contribution is 7.91. The van der Waals surface area contributed by atoms with Crippen molar-refractivity contribution >= 4 is 21.4 Å². The molecule has 2 atom stereocenters. The molecule has 1 aromatic carbocycles. The molecule has 116 valence electrons. The van der Waals surface area contributed by atoms with Gasteiger partial charge in [-0.1, -0.05) is 19.1 Å². The molecule has 0 radical (unpaired) electrons. The summed E-state index contributed by atoms with van der Waals surface area (Å²) in [5.74, 6) is 0.236. The van der Waals surface area contributed by atoms with Gasteiger partial charge in [0, 0.05) is 24.7 Å². The van der Waals surface area contributed by atoms with Gasteiger partial charge in [0.15, 0.2) is 9.84 Å². The van der Waals surface area contributed by atoms with Crippen LogP contribution in [0.2, 0.25) is 0 Å². The molecule has 1 heterocycles. The molecule has 0 bridgehead atoms. The van der Waals surface area contributed by atoms with E-state index in [9.17, 15) is 13.2 Å². The van der Waals surface area contributed by atoms with Crippen LogP contribution in [0.1, 0.15) is 31.7 Å². The number of amides is 1. The van der Waals surface area contributed by atoms with Crippen molar-refractivity contribution in [2.75, 3.05) is 23.8 Å². The number of nitrogens with two attached hydrogens (primary N) is 1. The van der Waals surface area contributed by atoms with Crippen LogP contribution < -0.4 is 5.73 Å². The summed E-state index contributed by atoms with van der Waals surface area (Å²) in [6, 6.07) is 7.27. The quantitative estimate of drug-likeness (QED) is 0.856. The molecule has 1 aliphatic rings. The summed E-state index contributed by atoms with van der Waals surface area (Å²) >= 11 is 0. The molecule has 2 rings (SSSR count). The lowest BCUT2D eigenvalue weighted by molar-refractivity contribution is -0.133. The van der Waals surface area contributed by atoms with E-state index in [4.69, 9.17) is 5.73 Å². The molecule has 1 fully saturated rings. The average molecular weight is 310 g/mol. The molecule has 0 saturated carbocycles. The molecule has 1 amide bonds. The summed E-state index contributed by atoms with van der Waals surface area (Å²) in [7, 11) is -2.99. The minimum atomic E-state index is -2.99. The number of anilines is 1. The smallest absolute Gasteiger partial charge is 0.223 e. The summed E-state index contributed by atoms with van der Waals surface area (Å²) in [5.41, 5.74) is 7.42. The first-order valence-corrected chi connectivity index (χ1v) is 8.96. The maximum absolute atomic E-state index is 12.4. The van der Waals surface area contributed by atoms with Crippen molar-refractivity contribution in [1.82, 2.24) is 4.90 Å². The van der Waals surface area contributed by atoms with Crippen molar-refractivity contribution in [3.05, 3.63) is 29.8 Å². The van der Waals surface area contributed by atoms with Crippen molar-refractivity contribution in [1.29, 1.82) is 0 Å². The number of hydrogen-bond acceptors (Lipinski definition) is 4. The summed E-state index contributed by atoms with van der Waals surface area (Å²) in [6.07, 6.45) is 0.383. The fourth-order valence-electron chi connectivity index (χ4n) is 2.69. The second kappa shape index (κ2) is 6.05. The van der Waals surface area contributed by atoms with Crippen LogP contribution in [0.5, 0.6) is 0 Å². The molecule has 1 saturated heterocycles. The molecule has 0 spiro atoms. The van der Waals surface area contributed by atoms with Crippen LogP contribution in [0.25, 0.3) is 0 Å². The largest absolute Gasteiger partial charge is 0.399 e. The predicted molar refractivity (Wildman–Crippen MR) is 83.7 cm³/mol. The van der Waals surface area contributed by atoms with E-state index in [1.807, 2.05) is 31.2 Å². The Hall–Kier alpha value is -1.56. The second-order valence-electron chi connectivity index (χ2n) is 5.82. The van der Waals surface area contributed by atoms with Crippen LogP contribution in [-0.4, -0.2) is 43.3 Å². The average Bonchev–Trinajstić information content (AvgIpc) is 2.37. The predicted octanol–water partition coefficient (Wildman–Crippen LogP) is 1.41. The number of nitrogens with zero attached hydrogens (tertiary/aromatic N) is 1. The van der Waals surface area contributed by atoms with Crippen molar-refractivity contribution in [3.63, 3.8) is 0 Å². The number of benzene rings is 1. The maximum atomic E-state index is 12.4. The van der Waals surface area contributed by atoms with E-state index in [1.54, 1.807) is 11.8 Å². The molecule has 1 aromatic rings. The Balaban J connectivity index is 1.99. The van der Waals surface area contributed by atoms with Gasteiger partial charge >= 0.3 is 0 Å². The van der Waals surface area contributed by atoms with Gasteiger partial charge in [0.05, 0.1) is 11.5 Å². The highest BCUT2D eigenvalue weighted by Gasteiger charge is 2.31. The van der Waals surface area contributed by atoms with Gasteiger partial charge in [0.2, 0.25) is 5.91 Å². The monoisotopic (exact) mass is 310 g/mol. The van der Waals surface area contributed by atoms with E-state index >= 15 is 0 Å². The number of rotatable bonds is 3. The first-order chi connectivity index (χ1) is 9.78. The van der Waals surface area contributed by atoms with Gasteiger partial charge in [0.1, 0.15) is 0 Å². The summed E-state index contributed by atoms with van der Waals surface area (Å²) < 4.78 is 23.1. The maximum Gasteiger partial charge on any atom is 0.223 e. The Bertz CT molecular complexity index is 610. The molecule has 2 unspecified atom stereocenters. The normalized spacial score (nSPS) is 22.8. The minimum absolute atomic E-state index is 0.0155. The SMILES string of the molecule is CC(CC(=O)N1CCS(=O)(=O)CC1C)c1ccc(N)cc1. The van der Waals surface area contributed by atoms with Gasteiger partial charge in [-0.3, -0.25) is 4.79 Å². The van der Waals surface area contributed by atoms with Gasteiger partial charge in [-0.05, 0) is 30.5 Å². The first-order valence-electron chi connectivity index (χ1n) is 7.14. The standard InChI is InChI=1S/C15H22N2O3S/c1-11(13-3-5-14(16)6-4-13)9-15(18)17-7-8-21(19,20)10-12(17)2/h3-6,11-12H,7-10,16H2,1-2H3. The Morgan fingerprint density at radius 3 is 2.57 bits per heavy atom. The van der Waals surface area contributed by atoms with E-state index in [1.165, 1.54) is 0 Å². The molecule has 6 heteroatoms. The molecule has 0 aromatic heterocycles. The van der Waals surface area contributed by atoms with Gasteiger partial charge in [-0.15, -0.1) is 0 Å². The number of hydrogen-bond donors (Lipinski definition) is 1. The second-order valence-corrected chi connectivity index (χ2v) is 8.05. The summed E-state index contributed by atoms with van der Waals surface area (Å²) in [6.45, 7) is 4.09. The zero-order valence-electron chi connectivity index (χ0n) is 12.5. The fraction of sp³-hybridized carbons (Fsp3) is 0.533. The summed E-state index contributed by atoms with van der Waals surface area (Å²) in [5, 5.41) is 0. The Labute approximate surface area is 126 Å². The third-order valence-corrected chi connectivity index (χ3v) is 5.77. The topological polar surface area (TPSA) is 80.5 Å². The van der Waals surface area contributed by atoms with E-state index in [-0.39, 0.29) is 29.4 Å².